The van der Waals surface area contributed by atoms with Crippen molar-refractivity contribution in [1.82, 2.24) is 4.90 Å². The standard InChI is InChI=1S/C14H30N2S/c1-4-5-6-7-8-13(11-15)16-9-10-17-14(2,3)12-16/h13H,4-12,15H2,1-3H3. The van der Waals surface area contributed by atoms with Crippen LogP contribution in [0, 0.1) is 0 Å². The van der Waals surface area contributed by atoms with E-state index in [1.165, 1.54) is 50.9 Å². The van der Waals surface area contributed by atoms with Gasteiger partial charge in [0.2, 0.25) is 0 Å². The van der Waals surface area contributed by atoms with E-state index in [1.54, 1.807) is 0 Å². The fourth-order valence-electron chi connectivity index (χ4n) is 2.62. The maximum Gasteiger partial charge on any atom is 0.0231 e. The van der Waals surface area contributed by atoms with Crippen LogP contribution in [0.1, 0.15) is 52.9 Å². The molecule has 0 aromatic carbocycles. The van der Waals surface area contributed by atoms with Crippen molar-refractivity contribution in [2.75, 3.05) is 25.4 Å². The maximum absolute atomic E-state index is 5.96. The van der Waals surface area contributed by atoms with Crippen LogP contribution in [0.25, 0.3) is 0 Å². The van der Waals surface area contributed by atoms with Crippen molar-refractivity contribution in [2.45, 2.75) is 63.7 Å². The van der Waals surface area contributed by atoms with E-state index >= 15 is 0 Å². The molecule has 0 radical (unpaired) electrons. The van der Waals surface area contributed by atoms with E-state index in [0.29, 0.717) is 10.8 Å². The van der Waals surface area contributed by atoms with Gasteiger partial charge in [-0.2, -0.15) is 11.8 Å². The molecule has 1 atom stereocenters. The van der Waals surface area contributed by atoms with Crippen molar-refractivity contribution in [3.63, 3.8) is 0 Å². The maximum atomic E-state index is 5.96. The van der Waals surface area contributed by atoms with Gasteiger partial charge in [0.05, 0.1) is 0 Å². The summed E-state index contributed by atoms with van der Waals surface area (Å²) in [6.07, 6.45) is 6.70. The first-order chi connectivity index (χ1) is 8.09. The zero-order valence-corrected chi connectivity index (χ0v) is 12.7. The molecule has 1 saturated heterocycles. The quantitative estimate of drug-likeness (QED) is 0.712. The summed E-state index contributed by atoms with van der Waals surface area (Å²) in [5, 5.41) is 0. The Morgan fingerprint density at radius 1 is 1.29 bits per heavy atom. The smallest absolute Gasteiger partial charge is 0.0231 e. The average molecular weight is 258 g/mol. The highest BCUT2D eigenvalue weighted by Gasteiger charge is 2.30. The molecular weight excluding hydrogens is 228 g/mol. The number of nitrogens with zero attached hydrogens (tertiary/aromatic N) is 1. The minimum atomic E-state index is 0.412. The molecule has 1 aliphatic rings. The molecule has 3 heteroatoms. The Balaban J connectivity index is 2.33. The molecule has 0 aliphatic carbocycles. The molecule has 1 heterocycles. The van der Waals surface area contributed by atoms with Crippen molar-refractivity contribution in [3.05, 3.63) is 0 Å². The van der Waals surface area contributed by atoms with Crippen LogP contribution in [0.5, 0.6) is 0 Å². The Morgan fingerprint density at radius 3 is 2.65 bits per heavy atom. The number of thioether (sulfide) groups is 1. The molecule has 0 saturated carbocycles. The molecule has 0 amide bonds. The number of hydrogen-bond donors (Lipinski definition) is 1. The predicted molar refractivity (Wildman–Crippen MR) is 79.7 cm³/mol. The molecule has 0 spiro atoms. The minimum Gasteiger partial charge on any atom is -0.329 e. The Hall–Kier alpha value is 0.270. The van der Waals surface area contributed by atoms with Gasteiger partial charge in [-0.25, -0.2) is 0 Å². The van der Waals surface area contributed by atoms with Crippen molar-refractivity contribution in [2.24, 2.45) is 5.73 Å². The molecule has 2 nitrogen and oxygen atoms in total. The second-order valence-electron chi connectivity index (χ2n) is 5.82. The van der Waals surface area contributed by atoms with Crippen molar-refractivity contribution in [1.29, 1.82) is 0 Å². The molecule has 1 rings (SSSR count). The summed E-state index contributed by atoms with van der Waals surface area (Å²) in [7, 11) is 0. The normalized spacial score (nSPS) is 22.6. The van der Waals surface area contributed by atoms with Gasteiger partial charge in [-0.15, -0.1) is 0 Å². The van der Waals surface area contributed by atoms with Gasteiger partial charge >= 0.3 is 0 Å². The van der Waals surface area contributed by atoms with E-state index < -0.39 is 0 Å². The second-order valence-corrected chi connectivity index (χ2v) is 7.62. The van der Waals surface area contributed by atoms with E-state index in [1.807, 2.05) is 0 Å². The number of unbranched alkanes of at least 4 members (excludes halogenated alkanes) is 3. The van der Waals surface area contributed by atoms with Crippen molar-refractivity contribution in [3.8, 4) is 0 Å². The largest absolute Gasteiger partial charge is 0.329 e. The molecule has 0 bridgehead atoms. The number of nitrogens with two attached hydrogens (primary N) is 1. The van der Waals surface area contributed by atoms with Gasteiger partial charge in [-0.3, -0.25) is 4.90 Å². The van der Waals surface area contributed by atoms with Crippen LogP contribution < -0.4 is 5.73 Å². The SMILES string of the molecule is CCCCCCC(CN)N1CCSC(C)(C)C1. The summed E-state index contributed by atoms with van der Waals surface area (Å²) in [5.41, 5.74) is 5.96. The highest BCUT2D eigenvalue weighted by Crippen LogP contribution is 2.31. The zero-order valence-electron chi connectivity index (χ0n) is 11.9. The van der Waals surface area contributed by atoms with E-state index in [2.05, 4.69) is 37.4 Å². The van der Waals surface area contributed by atoms with Gasteiger partial charge in [-0.1, -0.05) is 32.6 Å². The van der Waals surface area contributed by atoms with Gasteiger partial charge in [0.25, 0.3) is 0 Å². The summed E-state index contributed by atoms with van der Waals surface area (Å²) < 4.78 is 0.412. The molecule has 102 valence electrons. The highest BCUT2D eigenvalue weighted by molar-refractivity contribution is 8.00. The molecule has 1 fully saturated rings. The fraction of sp³-hybridized carbons (Fsp3) is 1.00. The van der Waals surface area contributed by atoms with Crippen LogP contribution in [0.4, 0.5) is 0 Å². The highest BCUT2D eigenvalue weighted by atomic mass is 32.2. The Labute approximate surface area is 112 Å². The Kier molecular flexibility index (Phi) is 6.90. The Bertz CT molecular complexity index is 206. The summed E-state index contributed by atoms with van der Waals surface area (Å²) in [6, 6.07) is 0.618. The number of hydrogen-bond acceptors (Lipinski definition) is 3. The third-order valence-corrected chi connectivity index (χ3v) is 4.93. The summed E-state index contributed by atoms with van der Waals surface area (Å²) in [4.78, 5) is 2.63. The van der Waals surface area contributed by atoms with Gasteiger partial charge < -0.3 is 5.73 Å². The van der Waals surface area contributed by atoms with Crippen LogP contribution >= 0.6 is 11.8 Å². The fourth-order valence-corrected chi connectivity index (χ4v) is 3.76. The lowest BCUT2D eigenvalue weighted by molar-refractivity contribution is 0.179. The van der Waals surface area contributed by atoms with E-state index in [0.717, 1.165) is 6.54 Å². The average Bonchev–Trinajstić information content (AvgIpc) is 2.28. The van der Waals surface area contributed by atoms with Gasteiger partial charge in [-0.05, 0) is 20.3 Å². The Morgan fingerprint density at radius 2 is 2.06 bits per heavy atom. The first-order valence-electron chi connectivity index (χ1n) is 7.17. The molecule has 2 N–H and O–H groups in total. The summed E-state index contributed by atoms with van der Waals surface area (Å²) in [5.74, 6) is 1.26. The first kappa shape index (κ1) is 15.3. The summed E-state index contributed by atoms with van der Waals surface area (Å²) in [6.45, 7) is 10.2. The van der Waals surface area contributed by atoms with Crippen LogP contribution in [-0.4, -0.2) is 41.1 Å². The van der Waals surface area contributed by atoms with Gasteiger partial charge in [0.1, 0.15) is 0 Å². The van der Waals surface area contributed by atoms with Crippen LogP contribution in [0.15, 0.2) is 0 Å². The molecule has 17 heavy (non-hydrogen) atoms. The minimum absolute atomic E-state index is 0.412. The first-order valence-corrected chi connectivity index (χ1v) is 8.15. The van der Waals surface area contributed by atoms with Crippen molar-refractivity contribution < 1.29 is 0 Å². The van der Waals surface area contributed by atoms with E-state index in [9.17, 15) is 0 Å². The molecule has 0 aromatic rings. The lowest BCUT2D eigenvalue weighted by atomic mass is 10.0. The third kappa shape index (κ3) is 5.62. The van der Waals surface area contributed by atoms with Gasteiger partial charge in [0, 0.05) is 36.2 Å². The second kappa shape index (κ2) is 7.65. The monoisotopic (exact) mass is 258 g/mol. The summed E-state index contributed by atoms with van der Waals surface area (Å²) >= 11 is 2.10. The van der Waals surface area contributed by atoms with Crippen molar-refractivity contribution >= 4 is 11.8 Å². The molecule has 0 aromatic heterocycles. The molecular formula is C14H30N2S. The van der Waals surface area contributed by atoms with Gasteiger partial charge in [0.15, 0.2) is 0 Å². The lowest BCUT2D eigenvalue weighted by Gasteiger charge is -2.41. The topological polar surface area (TPSA) is 29.3 Å². The molecule has 1 unspecified atom stereocenters. The zero-order chi connectivity index (χ0) is 12.7. The number of rotatable bonds is 7. The van der Waals surface area contributed by atoms with E-state index in [-0.39, 0.29) is 0 Å². The van der Waals surface area contributed by atoms with Crippen LogP contribution in [0.3, 0.4) is 0 Å². The predicted octanol–water partition coefficient (Wildman–Crippen LogP) is 3.11. The van der Waals surface area contributed by atoms with Crippen LogP contribution in [-0.2, 0) is 0 Å². The lowest BCUT2D eigenvalue weighted by Crippen LogP contribution is -2.50. The van der Waals surface area contributed by atoms with Crippen LogP contribution in [0.2, 0.25) is 0 Å². The third-order valence-electron chi connectivity index (χ3n) is 3.63. The van der Waals surface area contributed by atoms with E-state index in [4.69, 9.17) is 5.73 Å². The molecule has 1 aliphatic heterocycles.